The van der Waals surface area contributed by atoms with Crippen LogP contribution in [-0.4, -0.2) is 60.7 Å². The lowest BCUT2D eigenvalue weighted by Crippen LogP contribution is -2.19. The summed E-state index contributed by atoms with van der Waals surface area (Å²) in [5.74, 6) is 0.683. The molecule has 132 valence electrons. The molecule has 0 aliphatic carbocycles. The normalized spacial score (nSPS) is 17.1. The molecule has 2 aromatic rings. The fraction of sp³-hybridized carbons (Fsp3) is 0.389. The number of hydrogen-bond donors (Lipinski definition) is 1. The lowest BCUT2D eigenvalue weighted by Gasteiger charge is -2.17. The number of carbonyl (C=O) groups excluding carboxylic acids is 1. The molecule has 1 fully saturated rings. The number of nitrogens with one attached hydrogen (secondary N) is 1. The molecule has 1 aliphatic rings. The van der Waals surface area contributed by atoms with E-state index in [2.05, 4.69) is 15.3 Å². The van der Waals surface area contributed by atoms with Crippen LogP contribution in [-0.2, 0) is 9.53 Å². The molecule has 1 saturated heterocycles. The highest BCUT2D eigenvalue weighted by molar-refractivity contribution is 5.87. The van der Waals surface area contributed by atoms with Crippen LogP contribution in [0.1, 0.15) is 6.42 Å². The molecule has 1 N–H and O–H groups in total. The predicted octanol–water partition coefficient (Wildman–Crippen LogP) is 1.85. The van der Waals surface area contributed by atoms with Crippen LogP contribution in [0.4, 0.5) is 5.69 Å². The first-order valence-corrected chi connectivity index (χ1v) is 8.23. The SMILES string of the molecule is CN(C)C(=O)C=CCNc1cc2cncnc2cc1O[C@H]1CCOC1. The van der Waals surface area contributed by atoms with Crippen molar-refractivity contribution in [2.45, 2.75) is 12.5 Å². The average molecular weight is 342 g/mol. The van der Waals surface area contributed by atoms with E-state index in [4.69, 9.17) is 9.47 Å². The van der Waals surface area contributed by atoms with Crippen molar-refractivity contribution in [3.63, 3.8) is 0 Å². The number of nitrogens with zero attached hydrogens (tertiary/aromatic N) is 3. The Morgan fingerprint density at radius 3 is 3.12 bits per heavy atom. The number of rotatable bonds is 6. The van der Waals surface area contributed by atoms with Crippen LogP contribution in [0.3, 0.4) is 0 Å². The maximum absolute atomic E-state index is 11.6. The van der Waals surface area contributed by atoms with Gasteiger partial charge in [-0.2, -0.15) is 0 Å². The van der Waals surface area contributed by atoms with Crippen molar-refractivity contribution in [2.24, 2.45) is 0 Å². The van der Waals surface area contributed by atoms with Crippen LogP contribution in [0.5, 0.6) is 5.75 Å². The highest BCUT2D eigenvalue weighted by atomic mass is 16.5. The number of anilines is 1. The number of hydrogen-bond acceptors (Lipinski definition) is 6. The molecule has 1 amide bonds. The van der Waals surface area contributed by atoms with Crippen LogP contribution < -0.4 is 10.1 Å². The molecule has 1 aromatic carbocycles. The Morgan fingerprint density at radius 1 is 1.48 bits per heavy atom. The first-order valence-electron chi connectivity index (χ1n) is 8.23. The van der Waals surface area contributed by atoms with Gasteiger partial charge >= 0.3 is 0 Å². The van der Waals surface area contributed by atoms with Gasteiger partial charge in [-0.05, 0) is 6.07 Å². The van der Waals surface area contributed by atoms with Crippen LogP contribution in [0, 0.1) is 0 Å². The summed E-state index contributed by atoms with van der Waals surface area (Å²) in [5, 5.41) is 4.22. The summed E-state index contributed by atoms with van der Waals surface area (Å²) in [6, 6.07) is 3.87. The minimum Gasteiger partial charge on any atom is -0.486 e. The van der Waals surface area contributed by atoms with Gasteiger partial charge in [-0.15, -0.1) is 0 Å². The van der Waals surface area contributed by atoms with Crippen molar-refractivity contribution in [1.29, 1.82) is 0 Å². The fourth-order valence-corrected chi connectivity index (χ4v) is 2.51. The number of likely N-dealkylation sites (N-methyl/N-ethyl adjacent to an activating group) is 1. The summed E-state index contributed by atoms with van der Waals surface area (Å²) in [6.45, 7) is 1.83. The van der Waals surface area contributed by atoms with Crippen LogP contribution in [0.15, 0.2) is 36.8 Å². The number of ether oxygens (including phenoxy) is 2. The molecule has 0 bridgehead atoms. The zero-order valence-corrected chi connectivity index (χ0v) is 14.4. The van der Waals surface area contributed by atoms with E-state index in [1.807, 2.05) is 12.1 Å². The molecule has 3 rings (SSSR count). The van der Waals surface area contributed by atoms with Crippen LogP contribution >= 0.6 is 0 Å². The van der Waals surface area contributed by atoms with Gasteiger partial charge in [0.05, 0.1) is 24.4 Å². The number of amides is 1. The summed E-state index contributed by atoms with van der Waals surface area (Å²) in [4.78, 5) is 21.5. The van der Waals surface area contributed by atoms with Gasteiger partial charge in [0.15, 0.2) is 0 Å². The van der Waals surface area contributed by atoms with Gasteiger partial charge in [0.1, 0.15) is 18.2 Å². The Bertz CT molecular complexity index is 770. The molecule has 0 unspecified atom stereocenters. The number of aromatic nitrogens is 2. The van der Waals surface area contributed by atoms with Crippen LogP contribution in [0.25, 0.3) is 10.9 Å². The molecule has 0 spiro atoms. The van der Waals surface area contributed by atoms with E-state index in [9.17, 15) is 4.79 Å². The first-order chi connectivity index (χ1) is 12.1. The van der Waals surface area contributed by atoms with Gasteiger partial charge in [-0.3, -0.25) is 4.79 Å². The Hall–Kier alpha value is -2.67. The minimum atomic E-state index is -0.0479. The van der Waals surface area contributed by atoms with Crippen molar-refractivity contribution >= 4 is 22.5 Å². The van der Waals surface area contributed by atoms with E-state index in [0.29, 0.717) is 13.2 Å². The summed E-state index contributed by atoms with van der Waals surface area (Å²) in [6.07, 6.45) is 7.54. The topological polar surface area (TPSA) is 76.6 Å². The van der Waals surface area contributed by atoms with Crippen molar-refractivity contribution in [1.82, 2.24) is 14.9 Å². The van der Waals surface area contributed by atoms with Gasteiger partial charge in [-0.1, -0.05) is 6.08 Å². The molecule has 1 atom stereocenters. The Balaban J connectivity index is 1.77. The molecule has 25 heavy (non-hydrogen) atoms. The Kier molecular flexibility index (Phi) is 5.45. The molecule has 0 radical (unpaired) electrons. The van der Waals surface area contributed by atoms with Gasteiger partial charge in [0, 0.05) is 50.8 Å². The van der Waals surface area contributed by atoms with Crippen molar-refractivity contribution in [3.8, 4) is 5.75 Å². The van der Waals surface area contributed by atoms with E-state index < -0.39 is 0 Å². The van der Waals surface area contributed by atoms with Gasteiger partial charge < -0.3 is 19.7 Å². The standard InChI is InChI=1S/C18H22N4O3/c1-22(2)18(23)4-3-6-20-16-8-13-10-19-12-21-15(13)9-17(16)25-14-5-7-24-11-14/h3-4,8-10,12,14,20H,5-7,11H2,1-2H3/t14-/m0/s1. The Morgan fingerprint density at radius 2 is 2.36 bits per heavy atom. The molecule has 1 aliphatic heterocycles. The average Bonchev–Trinajstić information content (AvgIpc) is 3.11. The zero-order valence-electron chi connectivity index (χ0n) is 14.4. The van der Waals surface area contributed by atoms with E-state index in [1.165, 1.54) is 11.2 Å². The predicted molar refractivity (Wildman–Crippen MR) is 95.7 cm³/mol. The van der Waals surface area contributed by atoms with Crippen LogP contribution in [0.2, 0.25) is 0 Å². The highest BCUT2D eigenvalue weighted by Gasteiger charge is 2.19. The van der Waals surface area contributed by atoms with E-state index in [0.717, 1.165) is 35.4 Å². The van der Waals surface area contributed by atoms with Crippen molar-refractivity contribution in [3.05, 3.63) is 36.8 Å². The second kappa shape index (κ2) is 7.94. The molecule has 0 saturated carbocycles. The third-order valence-electron chi connectivity index (χ3n) is 3.90. The Labute approximate surface area is 146 Å². The van der Waals surface area contributed by atoms with Gasteiger partial charge in [0.2, 0.25) is 5.91 Å². The van der Waals surface area contributed by atoms with Crippen molar-refractivity contribution < 1.29 is 14.3 Å². The maximum atomic E-state index is 11.6. The molecular weight excluding hydrogens is 320 g/mol. The maximum Gasteiger partial charge on any atom is 0.245 e. The molecule has 7 nitrogen and oxygen atoms in total. The number of benzene rings is 1. The summed E-state index contributed by atoms with van der Waals surface area (Å²) < 4.78 is 11.5. The number of fused-ring (bicyclic) bond motifs is 1. The third kappa shape index (κ3) is 4.45. The molecule has 1 aromatic heterocycles. The van der Waals surface area contributed by atoms with E-state index in [-0.39, 0.29) is 12.0 Å². The lowest BCUT2D eigenvalue weighted by molar-refractivity contribution is -0.123. The third-order valence-corrected chi connectivity index (χ3v) is 3.90. The highest BCUT2D eigenvalue weighted by Crippen LogP contribution is 2.31. The number of carbonyl (C=O) groups is 1. The summed E-state index contributed by atoms with van der Waals surface area (Å²) >= 11 is 0. The monoisotopic (exact) mass is 342 g/mol. The van der Waals surface area contributed by atoms with E-state index in [1.54, 1.807) is 32.4 Å². The fourth-order valence-electron chi connectivity index (χ4n) is 2.51. The lowest BCUT2D eigenvalue weighted by atomic mass is 10.2. The smallest absolute Gasteiger partial charge is 0.245 e. The van der Waals surface area contributed by atoms with Crippen molar-refractivity contribution in [2.75, 3.05) is 39.2 Å². The minimum absolute atomic E-state index is 0.0469. The van der Waals surface area contributed by atoms with Gasteiger partial charge in [-0.25, -0.2) is 9.97 Å². The second-order valence-electron chi connectivity index (χ2n) is 6.05. The summed E-state index contributed by atoms with van der Waals surface area (Å²) in [7, 11) is 3.44. The van der Waals surface area contributed by atoms with Gasteiger partial charge in [0.25, 0.3) is 0 Å². The summed E-state index contributed by atoms with van der Waals surface area (Å²) in [5.41, 5.74) is 1.67. The molecule has 7 heteroatoms. The molecule has 2 heterocycles. The van der Waals surface area contributed by atoms with E-state index >= 15 is 0 Å². The molecular formula is C18H22N4O3. The zero-order chi connectivity index (χ0) is 17.6. The quantitative estimate of drug-likeness (QED) is 0.808. The second-order valence-corrected chi connectivity index (χ2v) is 6.05. The first kappa shape index (κ1) is 17.2. The largest absolute Gasteiger partial charge is 0.486 e.